The van der Waals surface area contributed by atoms with Crippen molar-refractivity contribution in [1.29, 1.82) is 0 Å². The summed E-state index contributed by atoms with van der Waals surface area (Å²) in [5, 5.41) is 20.5. The number of anilines is 1. The maximum Gasteiger partial charge on any atom is 0.352 e. The Bertz CT molecular complexity index is 1100. The SMILES string of the molecule is Cn1c(C(=O)O)c(C(C(=O)O)N2CCN(c3ccc(F)cc3)CC2)c2ccccc21. The second kappa shape index (κ2) is 7.79. The molecule has 1 aliphatic heterocycles. The molecule has 0 amide bonds. The van der Waals surface area contributed by atoms with Crippen LogP contribution in [-0.4, -0.2) is 57.8 Å². The highest BCUT2D eigenvalue weighted by atomic mass is 19.1. The van der Waals surface area contributed by atoms with E-state index in [0.29, 0.717) is 42.6 Å². The molecule has 8 heteroatoms. The van der Waals surface area contributed by atoms with Crippen molar-refractivity contribution in [3.05, 3.63) is 65.6 Å². The Kier molecular flexibility index (Phi) is 5.17. The van der Waals surface area contributed by atoms with Gasteiger partial charge in [-0.15, -0.1) is 0 Å². The lowest BCUT2D eigenvalue weighted by atomic mass is 10.00. The average molecular weight is 411 g/mol. The third-order valence-electron chi connectivity index (χ3n) is 5.73. The van der Waals surface area contributed by atoms with E-state index in [1.54, 1.807) is 48.3 Å². The van der Waals surface area contributed by atoms with E-state index in [-0.39, 0.29) is 11.5 Å². The number of fused-ring (bicyclic) bond motifs is 1. The van der Waals surface area contributed by atoms with Crippen molar-refractivity contribution in [3.8, 4) is 0 Å². The second-order valence-corrected chi connectivity index (χ2v) is 7.38. The summed E-state index contributed by atoms with van der Waals surface area (Å²) in [6.45, 7) is 2.00. The van der Waals surface area contributed by atoms with Gasteiger partial charge in [0, 0.05) is 55.4 Å². The molecule has 2 N–H and O–H groups in total. The predicted molar refractivity (Wildman–Crippen MR) is 110 cm³/mol. The van der Waals surface area contributed by atoms with Gasteiger partial charge in [-0.1, -0.05) is 18.2 Å². The van der Waals surface area contributed by atoms with Gasteiger partial charge in [0.15, 0.2) is 0 Å². The number of carbonyl (C=O) groups is 2. The Morgan fingerprint density at radius 1 is 0.967 bits per heavy atom. The molecule has 1 unspecified atom stereocenters. The maximum atomic E-state index is 13.2. The highest BCUT2D eigenvalue weighted by Crippen LogP contribution is 2.35. The molecule has 7 nitrogen and oxygen atoms in total. The summed E-state index contributed by atoms with van der Waals surface area (Å²) in [7, 11) is 1.64. The first-order valence-corrected chi connectivity index (χ1v) is 9.66. The van der Waals surface area contributed by atoms with Gasteiger partial charge in [0.25, 0.3) is 0 Å². The van der Waals surface area contributed by atoms with Crippen LogP contribution in [0.25, 0.3) is 10.9 Å². The number of benzene rings is 2. The molecule has 1 saturated heterocycles. The van der Waals surface area contributed by atoms with Crippen LogP contribution in [-0.2, 0) is 11.8 Å². The number of rotatable bonds is 5. The number of carboxylic acids is 2. The van der Waals surface area contributed by atoms with E-state index >= 15 is 0 Å². The van der Waals surface area contributed by atoms with Crippen molar-refractivity contribution < 1.29 is 24.2 Å². The molecule has 1 fully saturated rings. The lowest BCUT2D eigenvalue weighted by molar-refractivity contribution is -0.143. The number of aromatic nitrogens is 1. The highest BCUT2D eigenvalue weighted by Gasteiger charge is 2.36. The van der Waals surface area contributed by atoms with Crippen LogP contribution in [0.3, 0.4) is 0 Å². The standard InChI is InChI=1S/C22H22FN3O4/c1-24-17-5-3-2-4-16(17)18(19(24)21(27)28)20(22(29)30)26-12-10-25(11-13-26)15-8-6-14(23)7-9-15/h2-9,20H,10-13H2,1H3,(H,27,28)(H,29,30). The van der Waals surface area contributed by atoms with Crippen molar-refractivity contribution in [1.82, 2.24) is 9.47 Å². The quantitative estimate of drug-likeness (QED) is 0.671. The number of hydrogen-bond donors (Lipinski definition) is 2. The summed E-state index contributed by atoms with van der Waals surface area (Å²) < 4.78 is 14.7. The molecule has 0 radical (unpaired) electrons. The molecule has 3 aromatic rings. The summed E-state index contributed by atoms with van der Waals surface area (Å²) >= 11 is 0. The summed E-state index contributed by atoms with van der Waals surface area (Å²) in [5.41, 5.74) is 1.85. The largest absolute Gasteiger partial charge is 0.480 e. The Balaban J connectivity index is 1.68. The highest BCUT2D eigenvalue weighted by molar-refractivity contribution is 6.01. The minimum Gasteiger partial charge on any atom is -0.480 e. The Labute approximate surface area is 172 Å². The molecule has 0 spiro atoms. The van der Waals surface area contributed by atoms with Crippen molar-refractivity contribution in [2.45, 2.75) is 6.04 Å². The zero-order valence-corrected chi connectivity index (χ0v) is 16.5. The van der Waals surface area contributed by atoms with E-state index in [1.165, 1.54) is 16.7 Å². The van der Waals surface area contributed by atoms with Crippen LogP contribution >= 0.6 is 0 Å². The number of aromatic carboxylic acids is 1. The summed E-state index contributed by atoms with van der Waals surface area (Å²) in [4.78, 5) is 28.2. The molecule has 1 aliphatic rings. The second-order valence-electron chi connectivity index (χ2n) is 7.38. The van der Waals surface area contributed by atoms with Crippen LogP contribution in [0.4, 0.5) is 10.1 Å². The fourth-order valence-corrected chi connectivity index (χ4v) is 4.31. The Hall–Kier alpha value is -3.39. The normalized spacial score (nSPS) is 16.0. The molecule has 1 aromatic heterocycles. The monoisotopic (exact) mass is 411 g/mol. The third-order valence-corrected chi connectivity index (χ3v) is 5.73. The first kappa shape index (κ1) is 19.9. The van der Waals surface area contributed by atoms with E-state index in [4.69, 9.17) is 0 Å². The number of nitrogens with zero attached hydrogens (tertiary/aromatic N) is 3. The summed E-state index contributed by atoms with van der Waals surface area (Å²) in [5.74, 6) is -2.54. The van der Waals surface area contributed by atoms with Crippen LogP contribution in [0.1, 0.15) is 22.1 Å². The molecule has 4 rings (SSSR count). The number of para-hydroxylation sites is 1. The first-order valence-electron chi connectivity index (χ1n) is 9.66. The fourth-order valence-electron chi connectivity index (χ4n) is 4.31. The maximum absolute atomic E-state index is 13.2. The number of halogens is 1. The molecule has 2 aromatic carbocycles. The number of hydrogen-bond acceptors (Lipinski definition) is 4. The molecule has 1 atom stereocenters. The Morgan fingerprint density at radius 3 is 2.20 bits per heavy atom. The average Bonchev–Trinajstić information content (AvgIpc) is 3.02. The van der Waals surface area contributed by atoms with Gasteiger partial charge in [0.2, 0.25) is 0 Å². The molecule has 0 saturated carbocycles. The fraction of sp³-hybridized carbons (Fsp3) is 0.273. The zero-order chi connectivity index (χ0) is 21.4. The van der Waals surface area contributed by atoms with Crippen molar-refractivity contribution in [3.63, 3.8) is 0 Å². The molecular weight excluding hydrogens is 389 g/mol. The van der Waals surface area contributed by atoms with Crippen molar-refractivity contribution >= 4 is 28.5 Å². The van der Waals surface area contributed by atoms with Gasteiger partial charge in [-0.25, -0.2) is 9.18 Å². The first-order chi connectivity index (χ1) is 14.4. The lowest BCUT2D eigenvalue weighted by Crippen LogP contribution is -2.49. The van der Waals surface area contributed by atoms with E-state index in [0.717, 1.165) is 5.69 Å². The minimum absolute atomic E-state index is 0.00966. The van der Waals surface area contributed by atoms with Gasteiger partial charge in [0.05, 0.1) is 0 Å². The van der Waals surface area contributed by atoms with E-state index in [2.05, 4.69) is 4.90 Å². The number of piperazine rings is 1. The third kappa shape index (κ3) is 3.39. The topological polar surface area (TPSA) is 86.0 Å². The zero-order valence-electron chi connectivity index (χ0n) is 16.5. The van der Waals surface area contributed by atoms with Gasteiger partial charge in [-0.05, 0) is 30.3 Å². The van der Waals surface area contributed by atoms with Gasteiger partial charge >= 0.3 is 11.9 Å². The molecule has 0 bridgehead atoms. The number of aliphatic carboxylic acids is 1. The van der Waals surface area contributed by atoms with Gasteiger partial charge in [-0.2, -0.15) is 0 Å². The number of carboxylic acid groups (broad SMARTS) is 2. The van der Waals surface area contributed by atoms with E-state index in [9.17, 15) is 24.2 Å². The lowest BCUT2D eigenvalue weighted by Gasteiger charge is -2.39. The number of aryl methyl sites for hydroxylation is 1. The molecule has 2 heterocycles. The van der Waals surface area contributed by atoms with Crippen LogP contribution in [0.2, 0.25) is 0 Å². The molecular formula is C22H22FN3O4. The van der Waals surface area contributed by atoms with Crippen LogP contribution in [0, 0.1) is 5.82 Å². The van der Waals surface area contributed by atoms with E-state index < -0.39 is 18.0 Å². The smallest absolute Gasteiger partial charge is 0.352 e. The molecule has 30 heavy (non-hydrogen) atoms. The van der Waals surface area contributed by atoms with Crippen LogP contribution < -0.4 is 4.90 Å². The molecule has 156 valence electrons. The molecule has 0 aliphatic carbocycles. The van der Waals surface area contributed by atoms with Crippen molar-refractivity contribution in [2.24, 2.45) is 7.05 Å². The van der Waals surface area contributed by atoms with Crippen LogP contribution in [0.15, 0.2) is 48.5 Å². The predicted octanol–water partition coefficient (Wildman–Crippen LogP) is 2.96. The summed E-state index contributed by atoms with van der Waals surface area (Å²) in [6.07, 6.45) is 0. The minimum atomic E-state index is -1.15. The Morgan fingerprint density at radius 2 is 1.60 bits per heavy atom. The van der Waals surface area contributed by atoms with Crippen molar-refractivity contribution in [2.75, 3.05) is 31.1 Å². The van der Waals surface area contributed by atoms with Crippen LogP contribution in [0.5, 0.6) is 0 Å². The van der Waals surface area contributed by atoms with Gasteiger partial charge in [-0.3, -0.25) is 9.69 Å². The van der Waals surface area contributed by atoms with E-state index in [1.807, 2.05) is 0 Å². The van der Waals surface area contributed by atoms with Gasteiger partial charge < -0.3 is 19.7 Å². The summed E-state index contributed by atoms with van der Waals surface area (Å²) in [6, 6.07) is 12.3. The van der Waals surface area contributed by atoms with Gasteiger partial charge in [0.1, 0.15) is 17.6 Å².